The standard InChI is InChI=1S/C21H24N2O3/c1-22(2)19-8-4-3-7-18(19)20(24)23-13-5-6-17(14-23)15-9-11-16(12-10-15)21(25)26/h3-4,7-12,17H,5-6,13-14H2,1-2H3,(H,25,26)/t17-/m0/s1. The second kappa shape index (κ2) is 7.60. The molecule has 1 amide bonds. The van der Waals surface area contributed by atoms with E-state index in [1.54, 1.807) is 12.1 Å². The Hall–Kier alpha value is -2.82. The number of likely N-dealkylation sites (tertiary alicyclic amines) is 1. The number of carboxylic acids is 1. The lowest BCUT2D eigenvalue weighted by molar-refractivity contribution is 0.0693. The van der Waals surface area contributed by atoms with Crippen molar-refractivity contribution < 1.29 is 14.7 Å². The molecule has 0 saturated carbocycles. The second-order valence-corrected chi connectivity index (χ2v) is 6.93. The van der Waals surface area contributed by atoms with Gasteiger partial charge in [-0.3, -0.25) is 4.79 Å². The van der Waals surface area contributed by atoms with E-state index >= 15 is 0 Å². The summed E-state index contributed by atoms with van der Waals surface area (Å²) in [7, 11) is 3.88. The van der Waals surface area contributed by atoms with Gasteiger partial charge in [0, 0.05) is 38.8 Å². The molecule has 0 unspecified atom stereocenters. The van der Waals surface area contributed by atoms with Crippen LogP contribution in [0, 0.1) is 0 Å². The number of rotatable bonds is 4. The van der Waals surface area contributed by atoms with Gasteiger partial charge in [-0.05, 0) is 42.7 Å². The van der Waals surface area contributed by atoms with Gasteiger partial charge in [0.15, 0.2) is 0 Å². The molecule has 1 N–H and O–H groups in total. The minimum Gasteiger partial charge on any atom is -0.478 e. The van der Waals surface area contributed by atoms with Crippen molar-refractivity contribution in [3.63, 3.8) is 0 Å². The summed E-state index contributed by atoms with van der Waals surface area (Å²) in [6.45, 7) is 1.41. The highest BCUT2D eigenvalue weighted by Gasteiger charge is 2.27. The van der Waals surface area contributed by atoms with Crippen molar-refractivity contribution in [3.8, 4) is 0 Å². The minimum absolute atomic E-state index is 0.0566. The molecular weight excluding hydrogens is 328 g/mol. The first-order valence-corrected chi connectivity index (χ1v) is 8.86. The smallest absolute Gasteiger partial charge is 0.335 e. The van der Waals surface area contributed by atoms with Gasteiger partial charge in [-0.15, -0.1) is 0 Å². The lowest BCUT2D eigenvalue weighted by Gasteiger charge is -2.34. The van der Waals surface area contributed by atoms with Crippen molar-refractivity contribution in [2.24, 2.45) is 0 Å². The zero-order valence-electron chi connectivity index (χ0n) is 15.2. The van der Waals surface area contributed by atoms with Crippen molar-refractivity contribution >= 4 is 17.6 Å². The Morgan fingerprint density at radius 1 is 1.08 bits per heavy atom. The maximum absolute atomic E-state index is 13.1. The molecule has 1 fully saturated rings. The summed E-state index contributed by atoms with van der Waals surface area (Å²) >= 11 is 0. The predicted molar refractivity (Wildman–Crippen MR) is 102 cm³/mol. The summed E-state index contributed by atoms with van der Waals surface area (Å²) in [5, 5.41) is 9.04. The summed E-state index contributed by atoms with van der Waals surface area (Å²) in [5.41, 5.74) is 3.02. The second-order valence-electron chi connectivity index (χ2n) is 6.93. The molecular formula is C21H24N2O3. The summed E-state index contributed by atoms with van der Waals surface area (Å²) in [4.78, 5) is 28.0. The topological polar surface area (TPSA) is 60.9 Å². The number of hydrogen-bond donors (Lipinski definition) is 1. The first kappa shape index (κ1) is 18.0. The number of para-hydroxylation sites is 1. The summed E-state index contributed by atoms with van der Waals surface area (Å²) < 4.78 is 0. The van der Waals surface area contributed by atoms with Crippen LogP contribution in [-0.4, -0.2) is 49.1 Å². The molecule has 3 rings (SSSR count). The number of amides is 1. The molecule has 1 heterocycles. The van der Waals surface area contributed by atoms with Crippen LogP contribution in [0.1, 0.15) is 45.0 Å². The first-order valence-electron chi connectivity index (χ1n) is 8.86. The van der Waals surface area contributed by atoms with E-state index in [2.05, 4.69) is 0 Å². The highest BCUT2D eigenvalue weighted by atomic mass is 16.4. The van der Waals surface area contributed by atoms with Crippen LogP contribution in [0.3, 0.4) is 0 Å². The number of hydrogen-bond acceptors (Lipinski definition) is 3. The number of benzene rings is 2. The van der Waals surface area contributed by atoms with Crippen LogP contribution in [0.25, 0.3) is 0 Å². The van der Waals surface area contributed by atoms with Crippen LogP contribution >= 0.6 is 0 Å². The van der Waals surface area contributed by atoms with Gasteiger partial charge in [-0.2, -0.15) is 0 Å². The maximum Gasteiger partial charge on any atom is 0.335 e. The average Bonchev–Trinajstić information content (AvgIpc) is 2.67. The van der Waals surface area contributed by atoms with Crippen molar-refractivity contribution in [1.82, 2.24) is 4.90 Å². The fourth-order valence-electron chi connectivity index (χ4n) is 3.55. The van der Waals surface area contributed by atoms with E-state index < -0.39 is 5.97 Å². The highest BCUT2D eigenvalue weighted by molar-refractivity contribution is 5.99. The van der Waals surface area contributed by atoms with Crippen LogP contribution in [0.5, 0.6) is 0 Å². The summed E-state index contributed by atoms with van der Waals surface area (Å²) in [5.74, 6) is -0.625. The minimum atomic E-state index is -0.919. The largest absolute Gasteiger partial charge is 0.478 e. The van der Waals surface area contributed by atoms with Crippen LogP contribution in [-0.2, 0) is 0 Å². The van der Waals surface area contributed by atoms with Gasteiger partial charge in [-0.25, -0.2) is 4.79 Å². The van der Waals surface area contributed by atoms with Gasteiger partial charge < -0.3 is 14.9 Å². The molecule has 136 valence electrons. The van der Waals surface area contributed by atoms with Gasteiger partial charge in [0.1, 0.15) is 0 Å². The maximum atomic E-state index is 13.1. The van der Waals surface area contributed by atoms with Crippen LogP contribution in [0.15, 0.2) is 48.5 Å². The molecule has 1 saturated heterocycles. The Balaban J connectivity index is 1.78. The molecule has 0 aromatic heterocycles. The SMILES string of the molecule is CN(C)c1ccccc1C(=O)N1CCC[C@H](c2ccc(C(=O)O)cc2)C1. The summed E-state index contributed by atoms with van der Waals surface area (Å²) in [6.07, 6.45) is 1.95. The van der Waals surface area contributed by atoms with Crippen molar-refractivity contribution in [2.45, 2.75) is 18.8 Å². The molecule has 1 aliphatic heterocycles. The number of carboxylic acid groups (broad SMARTS) is 1. The number of carbonyl (C=O) groups is 2. The quantitative estimate of drug-likeness (QED) is 0.915. The number of anilines is 1. The molecule has 0 spiro atoms. The molecule has 2 aromatic carbocycles. The fraction of sp³-hybridized carbons (Fsp3) is 0.333. The van der Waals surface area contributed by atoms with E-state index in [0.29, 0.717) is 6.54 Å². The predicted octanol–water partition coefficient (Wildman–Crippen LogP) is 3.47. The third kappa shape index (κ3) is 3.72. The molecule has 0 aliphatic carbocycles. The lowest BCUT2D eigenvalue weighted by Crippen LogP contribution is -2.39. The Kier molecular flexibility index (Phi) is 5.26. The third-order valence-electron chi connectivity index (χ3n) is 4.95. The van der Waals surface area contributed by atoms with E-state index in [1.165, 1.54) is 0 Å². The molecule has 26 heavy (non-hydrogen) atoms. The molecule has 1 aliphatic rings. The van der Waals surface area contributed by atoms with Crippen LogP contribution in [0.4, 0.5) is 5.69 Å². The Morgan fingerprint density at radius 3 is 2.42 bits per heavy atom. The molecule has 0 bridgehead atoms. The van der Waals surface area contributed by atoms with E-state index in [1.807, 2.05) is 60.3 Å². The molecule has 1 atom stereocenters. The van der Waals surface area contributed by atoms with E-state index in [-0.39, 0.29) is 17.4 Å². The highest BCUT2D eigenvalue weighted by Crippen LogP contribution is 2.29. The van der Waals surface area contributed by atoms with Crippen molar-refractivity contribution in [2.75, 3.05) is 32.1 Å². The average molecular weight is 352 g/mol. The Morgan fingerprint density at radius 2 is 1.77 bits per heavy atom. The monoisotopic (exact) mass is 352 g/mol. The summed E-state index contributed by atoms with van der Waals surface area (Å²) in [6, 6.07) is 14.7. The van der Waals surface area contributed by atoms with Crippen molar-refractivity contribution in [3.05, 3.63) is 65.2 Å². The fourth-order valence-corrected chi connectivity index (χ4v) is 3.55. The normalized spacial score (nSPS) is 17.0. The zero-order valence-corrected chi connectivity index (χ0v) is 15.2. The number of nitrogens with zero attached hydrogens (tertiary/aromatic N) is 2. The van der Waals surface area contributed by atoms with Crippen molar-refractivity contribution in [1.29, 1.82) is 0 Å². The lowest BCUT2D eigenvalue weighted by atomic mass is 9.89. The zero-order chi connectivity index (χ0) is 18.7. The Labute approximate surface area is 153 Å². The molecule has 5 heteroatoms. The number of carbonyl (C=O) groups excluding carboxylic acids is 1. The Bertz CT molecular complexity index is 799. The third-order valence-corrected chi connectivity index (χ3v) is 4.95. The van der Waals surface area contributed by atoms with Crippen LogP contribution < -0.4 is 4.90 Å². The number of piperidine rings is 1. The number of aromatic carboxylic acids is 1. The first-order chi connectivity index (χ1) is 12.5. The molecule has 2 aromatic rings. The molecule has 5 nitrogen and oxygen atoms in total. The van der Waals surface area contributed by atoms with Gasteiger partial charge in [0.05, 0.1) is 11.1 Å². The molecule has 0 radical (unpaired) electrons. The van der Waals surface area contributed by atoms with Gasteiger partial charge in [-0.1, -0.05) is 24.3 Å². The van der Waals surface area contributed by atoms with E-state index in [0.717, 1.165) is 36.2 Å². The van der Waals surface area contributed by atoms with Crippen LogP contribution in [0.2, 0.25) is 0 Å². The van der Waals surface area contributed by atoms with E-state index in [9.17, 15) is 9.59 Å². The van der Waals surface area contributed by atoms with Gasteiger partial charge in [0.2, 0.25) is 0 Å². The van der Waals surface area contributed by atoms with E-state index in [4.69, 9.17) is 5.11 Å². The van der Waals surface area contributed by atoms with Gasteiger partial charge in [0.25, 0.3) is 5.91 Å². The van der Waals surface area contributed by atoms with Gasteiger partial charge >= 0.3 is 5.97 Å².